The number of nitrogens with zero attached hydrogens (tertiary/aromatic N) is 1. The van der Waals surface area contributed by atoms with Gasteiger partial charge in [-0.2, -0.15) is 0 Å². The standard InChI is InChI=1S/C14H21N3.HI/c1-15-14(17-11-13-7-8-13)16-10-9-12-5-3-2-4-6-12;/h2-6,13H,7-11H2,1H3,(H2,15,16,17);1H. The molecule has 0 bridgehead atoms. The summed E-state index contributed by atoms with van der Waals surface area (Å²) in [6, 6.07) is 10.5. The molecule has 1 fully saturated rings. The fraction of sp³-hybridized carbons (Fsp3) is 0.500. The van der Waals surface area contributed by atoms with Crippen LogP contribution in [0.3, 0.4) is 0 Å². The van der Waals surface area contributed by atoms with Crippen LogP contribution in [0.25, 0.3) is 0 Å². The third-order valence-electron chi connectivity index (χ3n) is 3.03. The Balaban J connectivity index is 0.00000162. The fourth-order valence-electron chi connectivity index (χ4n) is 1.75. The Labute approximate surface area is 126 Å². The number of nitrogens with one attached hydrogen (secondary N) is 2. The number of hydrogen-bond acceptors (Lipinski definition) is 1. The number of guanidine groups is 1. The van der Waals surface area contributed by atoms with E-state index in [1.807, 2.05) is 13.1 Å². The molecule has 0 amide bonds. The summed E-state index contributed by atoms with van der Waals surface area (Å²) in [4.78, 5) is 4.21. The van der Waals surface area contributed by atoms with Gasteiger partial charge in [0.1, 0.15) is 0 Å². The Hall–Kier alpha value is -0.780. The summed E-state index contributed by atoms with van der Waals surface area (Å²) < 4.78 is 0. The molecule has 2 rings (SSSR count). The van der Waals surface area contributed by atoms with Crippen LogP contribution in [-0.2, 0) is 6.42 Å². The molecule has 4 heteroatoms. The molecule has 100 valence electrons. The molecule has 0 saturated heterocycles. The molecule has 2 N–H and O–H groups in total. The summed E-state index contributed by atoms with van der Waals surface area (Å²) in [5.74, 6) is 1.80. The van der Waals surface area contributed by atoms with Gasteiger partial charge >= 0.3 is 0 Å². The molecule has 1 saturated carbocycles. The molecule has 0 radical (unpaired) electrons. The highest BCUT2D eigenvalue weighted by Crippen LogP contribution is 2.27. The van der Waals surface area contributed by atoms with E-state index < -0.39 is 0 Å². The van der Waals surface area contributed by atoms with Crippen LogP contribution >= 0.6 is 24.0 Å². The minimum atomic E-state index is 0. The highest BCUT2D eigenvalue weighted by molar-refractivity contribution is 14.0. The van der Waals surface area contributed by atoms with Crippen LogP contribution in [0.5, 0.6) is 0 Å². The van der Waals surface area contributed by atoms with Crippen LogP contribution in [0.1, 0.15) is 18.4 Å². The smallest absolute Gasteiger partial charge is 0.190 e. The Morgan fingerprint density at radius 1 is 1.22 bits per heavy atom. The number of aliphatic imine (C=N–C) groups is 1. The third-order valence-corrected chi connectivity index (χ3v) is 3.03. The van der Waals surface area contributed by atoms with Crippen molar-refractivity contribution in [3.8, 4) is 0 Å². The molecule has 1 aliphatic carbocycles. The highest BCUT2D eigenvalue weighted by Gasteiger charge is 2.20. The van der Waals surface area contributed by atoms with Crippen molar-refractivity contribution in [3.63, 3.8) is 0 Å². The van der Waals surface area contributed by atoms with Gasteiger partial charge in [-0.25, -0.2) is 0 Å². The quantitative estimate of drug-likeness (QED) is 0.481. The van der Waals surface area contributed by atoms with Gasteiger partial charge in [-0.15, -0.1) is 24.0 Å². The van der Waals surface area contributed by atoms with Crippen LogP contribution in [0.2, 0.25) is 0 Å². The second-order valence-corrected chi connectivity index (χ2v) is 4.56. The minimum Gasteiger partial charge on any atom is -0.356 e. The topological polar surface area (TPSA) is 36.4 Å². The van der Waals surface area contributed by atoms with Gasteiger partial charge in [0.25, 0.3) is 0 Å². The monoisotopic (exact) mass is 359 g/mol. The van der Waals surface area contributed by atoms with Gasteiger partial charge in [-0.1, -0.05) is 30.3 Å². The van der Waals surface area contributed by atoms with E-state index in [4.69, 9.17) is 0 Å². The van der Waals surface area contributed by atoms with E-state index in [1.54, 1.807) is 0 Å². The lowest BCUT2D eigenvalue weighted by molar-refractivity contribution is 0.734. The first-order valence-electron chi connectivity index (χ1n) is 6.37. The van der Waals surface area contributed by atoms with E-state index >= 15 is 0 Å². The van der Waals surface area contributed by atoms with E-state index in [0.29, 0.717) is 0 Å². The minimum absolute atomic E-state index is 0. The van der Waals surface area contributed by atoms with Gasteiger partial charge in [0.05, 0.1) is 0 Å². The zero-order chi connectivity index (χ0) is 11.9. The molecule has 0 aromatic heterocycles. The summed E-state index contributed by atoms with van der Waals surface area (Å²) in [5.41, 5.74) is 1.36. The van der Waals surface area contributed by atoms with Crippen molar-refractivity contribution in [1.29, 1.82) is 0 Å². The lowest BCUT2D eigenvalue weighted by Crippen LogP contribution is -2.39. The van der Waals surface area contributed by atoms with Crippen molar-refractivity contribution in [2.45, 2.75) is 19.3 Å². The molecule has 1 aliphatic rings. The Bertz CT molecular complexity index is 361. The molecule has 18 heavy (non-hydrogen) atoms. The average Bonchev–Trinajstić information content (AvgIpc) is 3.19. The van der Waals surface area contributed by atoms with Gasteiger partial charge in [-0.05, 0) is 30.7 Å². The predicted molar refractivity (Wildman–Crippen MR) is 87.6 cm³/mol. The first-order chi connectivity index (χ1) is 8.38. The molecule has 0 atom stereocenters. The average molecular weight is 359 g/mol. The van der Waals surface area contributed by atoms with Crippen LogP contribution in [0.4, 0.5) is 0 Å². The van der Waals surface area contributed by atoms with Crippen molar-refractivity contribution < 1.29 is 0 Å². The third kappa shape index (κ3) is 5.71. The zero-order valence-corrected chi connectivity index (χ0v) is 13.2. The first-order valence-corrected chi connectivity index (χ1v) is 6.37. The van der Waals surface area contributed by atoms with Gasteiger partial charge < -0.3 is 10.6 Å². The maximum Gasteiger partial charge on any atom is 0.190 e. The van der Waals surface area contributed by atoms with E-state index in [-0.39, 0.29) is 24.0 Å². The normalized spacial score (nSPS) is 14.8. The summed E-state index contributed by atoms with van der Waals surface area (Å²) in [6.45, 7) is 1.99. The molecule has 0 aliphatic heterocycles. The number of rotatable bonds is 5. The van der Waals surface area contributed by atoms with Crippen LogP contribution < -0.4 is 10.6 Å². The number of halogens is 1. The van der Waals surface area contributed by atoms with Crippen LogP contribution in [-0.4, -0.2) is 26.1 Å². The van der Waals surface area contributed by atoms with Crippen molar-refractivity contribution in [2.75, 3.05) is 20.1 Å². The van der Waals surface area contributed by atoms with Gasteiger partial charge in [0.15, 0.2) is 5.96 Å². The van der Waals surface area contributed by atoms with Crippen molar-refractivity contribution in [3.05, 3.63) is 35.9 Å². The molecular formula is C14H22IN3. The maximum absolute atomic E-state index is 4.21. The van der Waals surface area contributed by atoms with E-state index in [0.717, 1.165) is 31.4 Å². The largest absolute Gasteiger partial charge is 0.356 e. The molecule has 0 heterocycles. The molecule has 3 nitrogen and oxygen atoms in total. The Morgan fingerprint density at radius 2 is 1.94 bits per heavy atom. The summed E-state index contributed by atoms with van der Waals surface area (Å²) in [5, 5.41) is 6.70. The predicted octanol–water partition coefficient (Wildman–Crippen LogP) is 2.42. The Morgan fingerprint density at radius 3 is 2.56 bits per heavy atom. The number of benzene rings is 1. The fourth-order valence-corrected chi connectivity index (χ4v) is 1.75. The number of hydrogen-bond donors (Lipinski definition) is 2. The van der Waals surface area contributed by atoms with Gasteiger partial charge in [0.2, 0.25) is 0 Å². The molecule has 1 aromatic carbocycles. The van der Waals surface area contributed by atoms with E-state index in [2.05, 4.69) is 39.9 Å². The second kappa shape index (κ2) is 8.34. The van der Waals surface area contributed by atoms with Crippen molar-refractivity contribution in [2.24, 2.45) is 10.9 Å². The van der Waals surface area contributed by atoms with Crippen molar-refractivity contribution >= 4 is 29.9 Å². The Kier molecular flexibility index (Phi) is 7.08. The van der Waals surface area contributed by atoms with Gasteiger partial charge in [-0.3, -0.25) is 4.99 Å². The summed E-state index contributed by atoms with van der Waals surface area (Å²) >= 11 is 0. The van der Waals surface area contributed by atoms with E-state index in [1.165, 1.54) is 18.4 Å². The molecular weight excluding hydrogens is 337 g/mol. The van der Waals surface area contributed by atoms with Gasteiger partial charge in [0, 0.05) is 20.1 Å². The van der Waals surface area contributed by atoms with Crippen LogP contribution in [0.15, 0.2) is 35.3 Å². The summed E-state index contributed by atoms with van der Waals surface area (Å²) in [6.07, 6.45) is 3.77. The lowest BCUT2D eigenvalue weighted by Gasteiger charge is -2.11. The van der Waals surface area contributed by atoms with Crippen molar-refractivity contribution in [1.82, 2.24) is 10.6 Å². The highest BCUT2D eigenvalue weighted by atomic mass is 127. The van der Waals surface area contributed by atoms with E-state index in [9.17, 15) is 0 Å². The maximum atomic E-state index is 4.21. The summed E-state index contributed by atoms with van der Waals surface area (Å²) in [7, 11) is 1.82. The molecule has 0 spiro atoms. The second-order valence-electron chi connectivity index (χ2n) is 4.56. The lowest BCUT2D eigenvalue weighted by atomic mass is 10.1. The molecule has 1 aromatic rings. The molecule has 0 unspecified atom stereocenters. The zero-order valence-electron chi connectivity index (χ0n) is 10.9. The first kappa shape index (κ1) is 15.3. The van der Waals surface area contributed by atoms with Crippen LogP contribution in [0, 0.1) is 5.92 Å². The SMILES string of the molecule is CN=C(NCCc1ccccc1)NCC1CC1.I.